The van der Waals surface area contributed by atoms with Crippen molar-refractivity contribution in [3.63, 3.8) is 0 Å². The van der Waals surface area contributed by atoms with Crippen molar-refractivity contribution in [2.75, 3.05) is 28.2 Å². The molecule has 164 valence electrons. The third kappa shape index (κ3) is 7.54. The van der Waals surface area contributed by atoms with Crippen LogP contribution in [0.5, 0.6) is 0 Å². The normalized spacial score (nSPS) is 11.5. The smallest absolute Gasteiger partial charge is 0.271 e. The van der Waals surface area contributed by atoms with Crippen molar-refractivity contribution in [3.8, 4) is 0 Å². The molecule has 0 bridgehead atoms. The minimum absolute atomic E-state index is 0.0129. The van der Waals surface area contributed by atoms with Gasteiger partial charge in [0.15, 0.2) is 4.34 Å². The van der Waals surface area contributed by atoms with Gasteiger partial charge < -0.3 is 5.32 Å². The average Bonchev–Trinajstić information content (AvgIpc) is 3.10. The number of non-ortho nitro benzene ring substituents is 1. The summed E-state index contributed by atoms with van der Waals surface area (Å²) >= 11 is 2.86. The molecule has 2 rings (SSSR count). The quantitative estimate of drug-likeness (QED) is 0.227. The van der Waals surface area contributed by atoms with E-state index in [4.69, 9.17) is 0 Å². The number of nitrogens with zero attached hydrogens (tertiary/aromatic N) is 4. The number of aromatic nitrogens is 2. The lowest BCUT2D eigenvalue weighted by Crippen LogP contribution is -2.31. The molecule has 1 amide bonds. The van der Waals surface area contributed by atoms with Gasteiger partial charge in [-0.25, -0.2) is 8.42 Å². The number of nitrogens with one attached hydrogen (secondary N) is 1. The predicted octanol–water partition coefficient (Wildman–Crippen LogP) is 3.38. The van der Waals surface area contributed by atoms with Crippen LogP contribution in [-0.2, 0) is 14.8 Å². The molecule has 13 heteroatoms. The largest absolute Gasteiger partial charge is 0.301 e. The minimum Gasteiger partial charge on any atom is -0.301 e. The standard InChI is InChI=1S/C17H23N5O5S3/c1-12(2)11-28-17-20-19-16(29-17)18-15(23)8-5-9-21(30(3,26)27)13-6-4-7-14(10-13)22(24)25/h4,6-7,10,12H,5,8-9,11H2,1-3H3,(H,18,19,23). The Kier molecular flexibility index (Phi) is 8.55. The Morgan fingerprint density at radius 1 is 1.37 bits per heavy atom. The van der Waals surface area contributed by atoms with Crippen molar-refractivity contribution in [2.24, 2.45) is 5.92 Å². The Morgan fingerprint density at radius 2 is 2.10 bits per heavy atom. The van der Waals surface area contributed by atoms with Gasteiger partial charge >= 0.3 is 0 Å². The van der Waals surface area contributed by atoms with Crippen LogP contribution >= 0.6 is 23.1 Å². The van der Waals surface area contributed by atoms with Gasteiger partial charge in [0, 0.05) is 30.9 Å². The molecule has 0 saturated heterocycles. The number of hydrogen-bond donors (Lipinski definition) is 1. The molecule has 0 saturated carbocycles. The zero-order chi connectivity index (χ0) is 22.3. The molecule has 0 spiro atoms. The Bertz CT molecular complexity index is 993. The van der Waals surface area contributed by atoms with E-state index in [0.717, 1.165) is 20.7 Å². The number of nitro groups is 1. The Labute approximate surface area is 183 Å². The van der Waals surface area contributed by atoms with Gasteiger partial charge in [0.25, 0.3) is 5.69 Å². The number of amides is 1. The topological polar surface area (TPSA) is 135 Å². The zero-order valence-electron chi connectivity index (χ0n) is 16.8. The van der Waals surface area contributed by atoms with Crippen LogP contribution in [0.2, 0.25) is 0 Å². The summed E-state index contributed by atoms with van der Waals surface area (Å²) in [5, 5.41) is 22.0. The number of nitro benzene ring substituents is 1. The SMILES string of the molecule is CC(C)CSc1nnc(NC(=O)CCCN(c2cccc([N+](=O)[O-])c2)S(C)(=O)=O)s1. The van der Waals surface area contributed by atoms with E-state index in [1.165, 1.54) is 35.6 Å². The summed E-state index contributed by atoms with van der Waals surface area (Å²) in [6, 6.07) is 5.38. The highest BCUT2D eigenvalue weighted by molar-refractivity contribution is 8.01. The van der Waals surface area contributed by atoms with E-state index in [9.17, 15) is 23.3 Å². The molecule has 0 atom stereocenters. The van der Waals surface area contributed by atoms with E-state index in [0.29, 0.717) is 11.0 Å². The number of sulfonamides is 1. The fourth-order valence-electron chi connectivity index (χ4n) is 2.37. The van der Waals surface area contributed by atoms with Gasteiger partial charge in [-0.1, -0.05) is 43.0 Å². The number of carbonyl (C=O) groups excluding carboxylic acids is 1. The number of anilines is 2. The molecule has 30 heavy (non-hydrogen) atoms. The van der Waals surface area contributed by atoms with Crippen molar-refractivity contribution in [1.82, 2.24) is 10.2 Å². The molecule has 0 fully saturated rings. The molecule has 0 radical (unpaired) electrons. The lowest BCUT2D eigenvalue weighted by atomic mass is 10.2. The first kappa shape index (κ1) is 24.0. The van der Waals surface area contributed by atoms with Crippen LogP contribution in [0.25, 0.3) is 0 Å². The Hall–Kier alpha value is -2.25. The molecule has 0 aliphatic heterocycles. The van der Waals surface area contributed by atoms with E-state index < -0.39 is 14.9 Å². The molecule has 1 heterocycles. The summed E-state index contributed by atoms with van der Waals surface area (Å²) in [7, 11) is -3.67. The molecular weight excluding hydrogens is 450 g/mol. The van der Waals surface area contributed by atoms with Gasteiger partial charge in [-0.2, -0.15) is 0 Å². The maximum absolute atomic E-state index is 12.2. The number of hydrogen-bond acceptors (Lipinski definition) is 9. The summed E-state index contributed by atoms with van der Waals surface area (Å²) in [6.45, 7) is 4.22. The number of benzene rings is 1. The van der Waals surface area contributed by atoms with Crippen LogP contribution in [0.3, 0.4) is 0 Å². The third-order valence-corrected chi connectivity index (χ3v) is 7.28. The van der Waals surface area contributed by atoms with Crippen molar-refractivity contribution in [3.05, 3.63) is 34.4 Å². The van der Waals surface area contributed by atoms with Crippen LogP contribution in [-0.4, -0.2) is 48.0 Å². The van der Waals surface area contributed by atoms with Gasteiger partial charge in [0.2, 0.25) is 21.1 Å². The molecule has 0 aliphatic rings. The van der Waals surface area contributed by atoms with Crippen LogP contribution in [0, 0.1) is 16.0 Å². The highest BCUT2D eigenvalue weighted by atomic mass is 32.2. The first-order valence-corrected chi connectivity index (χ1v) is 12.7. The second-order valence-corrected chi connectivity index (χ2v) is 11.0. The van der Waals surface area contributed by atoms with E-state index in [1.54, 1.807) is 11.8 Å². The van der Waals surface area contributed by atoms with Crippen LogP contribution < -0.4 is 9.62 Å². The van der Waals surface area contributed by atoms with Crippen molar-refractivity contribution in [2.45, 2.75) is 31.0 Å². The monoisotopic (exact) mass is 473 g/mol. The molecule has 1 aromatic heterocycles. The molecule has 1 N–H and O–H groups in total. The van der Waals surface area contributed by atoms with Crippen molar-refractivity contribution in [1.29, 1.82) is 0 Å². The van der Waals surface area contributed by atoms with Crippen LogP contribution in [0.1, 0.15) is 26.7 Å². The van der Waals surface area contributed by atoms with Gasteiger partial charge in [0.1, 0.15) is 0 Å². The second kappa shape index (κ2) is 10.7. The molecule has 1 aromatic carbocycles. The Balaban J connectivity index is 1.93. The predicted molar refractivity (Wildman–Crippen MR) is 119 cm³/mol. The molecular formula is C17H23N5O5S3. The molecule has 2 aromatic rings. The molecule has 0 unspecified atom stereocenters. The molecule has 0 aliphatic carbocycles. The van der Waals surface area contributed by atoms with Crippen molar-refractivity contribution < 1.29 is 18.1 Å². The zero-order valence-corrected chi connectivity index (χ0v) is 19.2. The molecule has 10 nitrogen and oxygen atoms in total. The number of thioether (sulfide) groups is 1. The van der Waals surface area contributed by atoms with Gasteiger partial charge in [-0.15, -0.1) is 10.2 Å². The Morgan fingerprint density at radius 3 is 2.73 bits per heavy atom. The van der Waals surface area contributed by atoms with Crippen LogP contribution in [0.15, 0.2) is 28.6 Å². The highest BCUT2D eigenvalue weighted by Gasteiger charge is 2.20. The van der Waals surface area contributed by atoms with Crippen LogP contribution in [0.4, 0.5) is 16.5 Å². The fraction of sp³-hybridized carbons (Fsp3) is 0.471. The van der Waals surface area contributed by atoms with E-state index >= 15 is 0 Å². The van der Waals surface area contributed by atoms with E-state index in [-0.39, 0.29) is 36.7 Å². The lowest BCUT2D eigenvalue weighted by molar-refractivity contribution is -0.384. The average molecular weight is 474 g/mol. The number of rotatable bonds is 11. The summed E-state index contributed by atoms with van der Waals surface area (Å²) in [4.78, 5) is 22.5. The van der Waals surface area contributed by atoms with Gasteiger partial charge in [-0.05, 0) is 18.4 Å². The summed E-state index contributed by atoms with van der Waals surface area (Å²) in [6.07, 6.45) is 1.31. The van der Waals surface area contributed by atoms with E-state index in [2.05, 4.69) is 29.4 Å². The maximum Gasteiger partial charge on any atom is 0.271 e. The summed E-state index contributed by atoms with van der Waals surface area (Å²) in [5.74, 6) is 1.11. The van der Waals surface area contributed by atoms with Gasteiger partial charge in [0.05, 0.1) is 16.9 Å². The first-order valence-electron chi connectivity index (χ1n) is 9.04. The third-order valence-electron chi connectivity index (χ3n) is 3.69. The van der Waals surface area contributed by atoms with Crippen molar-refractivity contribution >= 4 is 55.5 Å². The summed E-state index contributed by atoms with van der Waals surface area (Å²) < 4.78 is 26.1. The lowest BCUT2D eigenvalue weighted by Gasteiger charge is -2.22. The van der Waals surface area contributed by atoms with Gasteiger partial charge in [-0.3, -0.25) is 19.2 Å². The maximum atomic E-state index is 12.2. The fourth-order valence-corrected chi connectivity index (χ4v) is 5.07. The summed E-state index contributed by atoms with van der Waals surface area (Å²) in [5.41, 5.74) is -0.0237. The second-order valence-electron chi connectivity index (χ2n) is 6.84. The minimum atomic E-state index is -3.67. The highest BCUT2D eigenvalue weighted by Crippen LogP contribution is 2.27. The number of carbonyl (C=O) groups is 1. The van der Waals surface area contributed by atoms with E-state index in [1.807, 2.05) is 0 Å². The first-order chi connectivity index (χ1) is 14.1.